The molecule has 0 bridgehead atoms. The maximum absolute atomic E-state index is 12.8. The molecule has 7 heteroatoms. The van der Waals surface area contributed by atoms with Crippen LogP contribution in [0.15, 0.2) is 48.5 Å². The minimum atomic E-state index is -0.382. The Morgan fingerprint density at radius 2 is 1.52 bits per heavy atom. The van der Waals surface area contributed by atoms with Crippen molar-refractivity contribution in [3.8, 4) is 5.75 Å². The van der Waals surface area contributed by atoms with Crippen LogP contribution in [0.1, 0.15) is 23.0 Å². The van der Waals surface area contributed by atoms with Gasteiger partial charge >= 0.3 is 5.97 Å². The number of fused-ring (bicyclic) bond motifs is 1. The zero-order chi connectivity index (χ0) is 20.4. The maximum atomic E-state index is 12.8. The number of benzene rings is 2. The van der Waals surface area contributed by atoms with Crippen LogP contribution in [0.25, 0.3) is 11.0 Å². The molecule has 1 aliphatic heterocycles. The summed E-state index contributed by atoms with van der Waals surface area (Å²) in [5.41, 5.74) is 3.24. The van der Waals surface area contributed by atoms with E-state index < -0.39 is 0 Å². The van der Waals surface area contributed by atoms with E-state index in [4.69, 9.17) is 9.72 Å². The number of piperazine rings is 1. The van der Waals surface area contributed by atoms with Crippen LogP contribution in [0, 0.1) is 6.92 Å². The average molecular weight is 390 g/mol. The summed E-state index contributed by atoms with van der Waals surface area (Å²) in [5, 5.41) is 0. The van der Waals surface area contributed by atoms with Crippen molar-refractivity contribution >= 4 is 28.7 Å². The van der Waals surface area contributed by atoms with E-state index in [-0.39, 0.29) is 11.9 Å². The van der Waals surface area contributed by atoms with Crippen LogP contribution >= 0.6 is 0 Å². The molecule has 2 aromatic carbocycles. The number of carbonyl (C=O) groups is 2. The number of aromatic nitrogens is 2. The Morgan fingerprint density at radius 1 is 0.897 bits per heavy atom. The van der Waals surface area contributed by atoms with E-state index in [2.05, 4.69) is 9.88 Å². The SMILES string of the molecule is CC(=O)Oc1ccc(C(=O)N2CCN(c3nc4ccccc4nc3C)CC2)cc1. The fraction of sp³-hybridized carbons (Fsp3) is 0.273. The number of ether oxygens (including phenoxy) is 1. The first kappa shape index (κ1) is 18.9. The molecule has 0 saturated carbocycles. The highest BCUT2D eigenvalue weighted by Crippen LogP contribution is 2.22. The number of anilines is 1. The van der Waals surface area contributed by atoms with E-state index in [0.29, 0.717) is 37.5 Å². The van der Waals surface area contributed by atoms with Crippen molar-refractivity contribution in [2.45, 2.75) is 13.8 Å². The van der Waals surface area contributed by atoms with Crippen LogP contribution in [0.2, 0.25) is 0 Å². The number of carbonyl (C=O) groups excluding carboxylic acids is 2. The van der Waals surface area contributed by atoms with E-state index in [1.54, 1.807) is 24.3 Å². The van der Waals surface area contributed by atoms with Gasteiger partial charge in [-0.15, -0.1) is 0 Å². The van der Waals surface area contributed by atoms with Gasteiger partial charge in [0.05, 0.1) is 16.7 Å². The molecule has 7 nitrogen and oxygen atoms in total. The van der Waals surface area contributed by atoms with E-state index in [1.165, 1.54) is 6.92 Å². The quantitative estimate of drug-likeness (QED) is 0.506. The Balaban J connectivity index is 1.43. The molecule has 0 spiro atoms. The number of hydrogen-bond donors (Lipinski definition) is 0. The molecule has 2 heterocycles. The predicted molar refractivity (Wildman–Crippen MR) is 110 cm³/mol. The third-order valence-electron chi connectivity index (χ3n) is 4.95. The first-order valence-electron chi connectivity index (χ1n) is 9.57. The van der Waals surface area contributed by atoms with Gasteiger partial charge in [-0.25, -0.2) is 9.97 Å². The van der Waals surface area contributed by atoms with Gasteiger partial charge in [0.25, 0.3) is 5.91 Å². The lowest BCUT2D eigenvalue weighted by Crippen LogP contribution is -2.49. The van der Waals surface area contributed by atoms with Gasteiger partial charge in [0.2, 0.25) is 0 Å². The van der Waals surface area contributed by atoms with Crippen LogP contribution in [0.5, 0.6) is 5.75 Å². The minimum Gasteiger partial charge on any atom is -0.427 e. The number of nitrogens with zero attached hydrogens (tertiary/aromatic N) is 4. The second-order valence-corrected chi connectivity index (χ2v) is 7.02. The first-order valence-corrected chi connectivity index (χ1v) is 9.57. The van der Waals surface area contributed by atoms with Gasteiger partial charge < -0.3 is 14.5 Å². The van der Waals surface area contributed by atoms with Crippen molar-refractivity contribution in [1.29, 1.82) is 0 Å². The summed E-state index contributed by atoms with van der Waals surface area (Å²) >= 11 is 0. The molecule has 0 aliphatic carbocycles. The molecule has 0 unspecified atom stereocenters. The zero-order valence-corrected chi connectivity index (χ0v) is 16.5. The van der Waals surface area contributed by atoms with Crippen molar-refractivity contribution < 1.29 is 14.3 Å². The van der Waals surface area contributed by atoms with Crippen molar-refractivity contribution in [3.63, 3.8) is 0 Å². The summed E-state index contributed by atoms with van der Waals surface area (Å²) in [7, 11) is 0. The maximum Gasteiger partial charge on any atom is 0.308 e. The second kappa shape index (κ2) is 7.87. The molecule has 0 radical (unpaired) electrons. The molecule has 1 aliphatic rings. The first-order chi connectivity index (χ1) is 14.0. The molecule has 3 aromatic rings. The molecular weight excluding hydrogens is 368 g/mol. The number of amides is 1. The average Bonchev–Trinajstić information content (AvgIpc) is 2.73. The molecule has 0 N–H and O–H groups in total. The molecule has 1 amide bonds. The van der Waals surface area contributed by atoms with E-state index in [1.807, 2.05) is 36.1 Å². The summed E-state index contributed by atoms with van der Waals surface area (Å²) in [5.74, 6) is 0.901. The molecular formula is C22H22N4O3. The van der Waals surface area contributed by atoms with Crippen molar-refractivity contribution in [1.82, 2.24) is 14.9 Å². The van der Waals surface area contributed by atoms with Crippen molar-refractivity contribution in [3.05, 3.63) is 59.8 Å². The van der Waals surface area contributed by atoms with Gasteiger partial charge in [-0.3, -0.25) is 9.59 Å². The molecule has 1 fully saturated rings. The number of rotatable bonds is 3. The summed E-state index contributed by atoms with van der Waals surface area (Å²) in [6.07, 6.45) is 0. The third-order valence-corrected chi connectivity index (χ3v) is 4.95. The van der Waals surface area contributed by atoms with Gasteiger partial charge in [-0.1, -0.05) is 12.1 Å². The van der Waals surface area contributed by atoms with Crippen LogP contribution in [0.3, 0.4) is 0 Å². The summed E-state index contributed by atoms with van der Waals surface area (Å²) < 4.78 is 5.02. The second-order valence-electron chi connectivity index (χ2n) is 7.02. The predicted octanol–water partition coefficient (Wildman–Crippen LogP) is 2.83. The fourth-order valence-corrected chi connectivity index (χ4v) is 3.51. The summed E-state index contributed by atoms with van der Waals surface area (Å²) in [4.78, 5) is 37.3. The Morgan fingerprint density at radius 3 is 2.14 bits per heavy atom. The topological polar surface area (TPSA) is 75.6 Å². The lowest BCUT2D eigenvalue weighted by Gasteiger charge is -2.36. The van der Waals surface area contributed by atoms with Crippen LogP contribution in [-0.4, -0.2) is 52.9 Å². The molecule has 1 saturated heterocycles. The lowest BCUT2D eigenvalue weighted by atomic mass is 10.1. The van der Waals surface area contributed by atoms with Crippen molar-refractivity contribution in [2.24, 2.45) is 0 Å². The lowest BCUT2D eigenvalue weighted by molar-refractivity contribution is -0.131. The Hall–Kier alpha value is -3.48. The van der Waals surface area contributed by atoms with E-state index in [9.17, 15) is 9.59 Å². The highest BCUT2D eigenvalue weighted by Gasteiger charge is 2.24. The minimum absolute atomic E-state index is 0.0275. The Bertz CT molecular complexity index is 1060. The summed E-state index contributed by atoms with van der Waals surface area (Å²) in [6.45, 7) is 5.93. The molecule has 29 heavy (non-hydrogen) atoms. The zero-order valence-electron chi connectivity index (χ0n) is 16.5. The fourth-order valence-electron chi connectivity index (χ4n) is 3.51. The van der Waals surface area contributed by atoms with Gasteiger partial charge in [0.15, 0.2) is 5.82 Å². The van der Waals surface area contributed by atoms with Gasteiger partial charge in [0, 0.05) is 38.7 Å². The third kappa shape index (κ3) is 4.03. The number of aryl methyl sites for hydroxylation is 1. The number of hydrogen-bond acceptors (Lipinski definition) is 6. The normalized spacial score (nSPS) is 14.1. The van der Waals surface area contributed by atoms with Gasteiger partial charge in [-0.2, -0.15) is 0 Å². The largest absolute Gasteiger partial charge is 0.427 e. The van der Waals surface area contributed by atoms with Crippen LogP contribution < -0.4 is 9.64 Å². The Labute approximate surface area is 168 Å². The monoisotopic (exact) mass is 390 g/mol. The molecule has 148 valence electrons. The van der Waals surface area contributed by atoms with Gasteiger partial charge in [-0.05, 0) is 43.3 Å². The highest BCUT2D eigenvalue weighted by molar-refractivity contribution is 5.94. The van der Waals surface area contributed by atoms with E-state index >= 15 is 0 Å². The van der Waals surface area contributed by atoms with Crippen LogP contribution in [-0.2, 0) is 4.79 Å². The molecule has 0 atom stereocenters. The highest BCUT2D eigenvalue weighted by atomic mass is 16.5. The van der Waals surface area contributed by atoms with Crippen LogP contribution in [0.4, 0.5) is 5.82 Å². The smallest absolute Gasteiger partial charge is 0.308 e. The Kier molecular flexibility index (Phi) is 5.12. The summed E-state index contributed by atoms with van der Waals surface area (Å²) in [6, 6.07) is 14.5. The molecule has 1 aromatic heterocycles. The number of para-hydroxylation sites is 2. The van der Waals surface area contributed by atoms with E-state index in [0.717, 1.165) is 22.5 Å². The standard InChI is InChI=1S/C22H22N4O3/c1-15-21(24-20-6-4-3-5-19(20)23-15)25-11-13-26(14-12-25)22(28)17-7-9-18(10-8-17)29-16(2)27/h3-10H,11-14H2,1-2H3. The van der Waals surface area contributed by atoms with Crippen molar-refractivity contribution in [2.75, 3.05) is 31.1 Å². The molecule has 4 rings (SSSR count). The number of esters is 1. The van der Waals surface area contributed by atoms with Gasteiger partial charge in [0.1, 0.15) is 5.75 Å².